The molecule has 1 aliphatic rings. The van der Waals surface area contributed by atoms with Crippen LogP contribution in [0.4, 0.5) is 5.69 Å². The average Bonchev–Trinajstić information content (AvgIpc) is 2.33. The third kappa shape index (κ3) is 3.17. The Morgan fingerprint density at radius 2 is 2.00 bits per heavy atom. The Balaban J connectivity index is 1.88. The molecule has 4 heteroatoms. The Kier molecular flexibility index (Phi) is 3.97. The number of aromatic nitrogens is 1. The predicted octanol–water partition coefficient (Wildman–Crippen LogP) is 1.19. The molecular formula is C13H22N4. The lowest BCUT2D eigenvalue weighted by Gasteiger charge is -2.36. The minimum Gasteiger partial charge on any atom is -0.397 e. The van der Waals surface area contributed by atoms with Crippen molar-refractivity contribution in [3.63, 3.8) is 0 Å². The van der Waals surface area contributed by atoms with Crippen molar-refractivity contribution in [1.82, 2.24) is 14.8 Å². The quantitative estimate of drug-likeness (QED) is 0.853. The largest absolute Gasteiger partial charge is 0.397 e. The van der Waals surface area contributed by atoms with Gasteiger partial charge in [0.15, 0.2) is 0 Å². The molecule has 0 spiro atoms. The fourth-order valence-corrected chi connectivity index (χ4v) is 2.23. The third-order valence-electron chi connectivity index (χ3n) is 3.44. The SMILES string of the molecule is CC(C)N1CCN(Cc2ncccc2N)CC1. The van der Waals surface area contributed by atoms with Gasteiger partial charge in [0, 0.05) is 45.0 Å². The third-order valence-corrected chi connectivity index (χ3v) is 3.44. The highest BCUT2D eigenvalue weighted by Gasteiger charge is 2.19. The highest BCUT2D eigenvalue weighted by molar-refractivity contribution is 5.41. The van der Waals surface area contributed by atoms with Crippen molar-refractivity contribution in [1.29, 1.82) is 0 Å². The molecular weight excluding hydrogens is 212 g/mol. The lowest BCUT2D eigenvalue weighted by atomic mass is 10.2. The number of anilines is 1. The number of hydrogen-bond acceptors (Lipinski definition) is 4. The number of nitrogens with zero attached hydrogens (tertiary/aromatic N) is 3. The minimum absolute atomic E-state index is 0.650. The van der Waals surface area contributed by atoms with Crippen LogP contribution >= 0.6 is 0 Å². The van der Waals surface area contributed by atoms with Crippen LogP contribution < -0.4 is 5.73 Å². The van der Waals surface area contributed by atoms with E-state index in [-0.39, 0.29) is 0 Å². The van der Waals surface area contributed by atoms with E-state index in [4.69, 9.17) is 5.73 Å². The Morgan fingerprint density at radius 1 is 1.29 bits per heavy atom. The average molecular weight is 234 g/mol. The maximum atomic E-state index is 5.91. The van der Waals surface area contributed by atoms with Gasteiger partial charge in [0.05, 0.1) is 11.4 Å². The first-order valence-corrected chi connectivity index (χ1v) is 6.32. The molecule has 2 N–H and O–H groups in total. The fourth-order valence-electron chi connectivity index (χ4n) is 2.23. The fraction of sp³-hybridized carbons (Fsp3) is 0.615. The van der Waals surface area contributed by atoms with Crippen LogP contribution in [0.15, 0.2) is 18.3 Å². The van der Waals surface area contributed by atoms with Crippen LogP contribution in [0.3, 0.4) is 0 Å². The van der Waals surface area contributed by atoms with Gasteiger partial charge in [-0.2, -0.15) is 0 Å². The number of piperazine rings is 1. The van der Waals surface area contributed by atoms with E-state index in [2.05, 4.69) is 28.6 Å². The predicted molar refractivity (Wildman–Crippen MR) is 70.6 cm³/mol. The normalized spacial score (nSPS) is 18.8. The maximum absolute atomic E-state index is 5.91. The number of hydrogen-bond donors (Lipinski definition) is 1. The van der Waals surface area contributed by atoms with Crippen molar-refractivity contribution in [3.05, 3.63) is 24.0 Å². The number of nitrogen functional groups attached to an aromatic ring is 1. The first-order valence-electron chi connectivity index (χ1n) is 6.32. The summed E-state index contributed by atoms with van der Waals surface area (Å²) in [5.41, 5.74) is 7.72. The molecule has 94 valence electrons. The van der Waals surface area contributed by atoms with Crippen LogP contribution in [-0.4, -0.2) is 47.0 Å². The summed E-state index contributed by atoms with van der Waals surface area (Å²) < 4.78 is 0. The Hall–Kier alpha value is -1.13. The topological polar surface area (TPSA) is 45.4 Å². The van der Waals surface area contributed by atoms with Crippen LogP contribution in [0.5, 0.6) is 0 Å². The van der Waals surface area contributed by atoms with Crippen LogP contribution in [0.2, 0.25) is 0 Å². The van der Waals surface area contributed by atoms with Crippen molar-refractivity contribution in [3.8, 4) is 0 Å². The van der Waals surface area contributed by atoms with Crippen molar-refractivity contribution >= 4 is 5.69 Å². The number of rotatable bonds is 3. The number of nitrogens with two attached hydrogens (primary N) is 1. The van der Waals surface area contributed by atoms with Crippen LogP contribution in [0.25, 0.3) is 0 Å². The lowest BCUT2D eigenvalue weighted by Crippen LogP contribution is -2.48. The molecule has 2 heterocycles. The van der Waals surface area contributed by atoms with Gasteiger partial charge in [0.1, 0.15) is 0 Å². The summed E-state index contributed by atoms with van der Waals surface area (Å²) in [6.07, 6.45) is 1.82. The molecule has 1 aromatic rings. The van der Waals surface area contributed by atoms with Crippen molar-refractivity contribution < 1.29 is 0 Å². The van der Waals surface area contributed by atoms with Gasteiger partial charge in [0.25, 0.3) is 0 Å². The van der Waals surface area contributed by atoms with Gasteiger partial charge in [-0.25, -0.2) is 0 Å². The summed E-state index contributed by atoms with van der Waals surface area (Å²) >= 11 is 0. The van der Waals surface area contributed by atoms with Crippen LogP contribution in [0, 0.1) is 0 Å². The second kappa shape index (κ2) is 5.47. The molecule has 2 rings (SSSR count). The first-order chi connectivity index (χ1) is 8.16. The van der Waals surface area contributed by atoms with Gasteiger partial charge in [-0.1, -0.05) is 0 Å². The molecule has 17 heavy (non-hydrogen) atoms. The van der Waals surface area contributed by atoms with E-state index < -0.39 is 0 Å². The molecule has 1 fully saturated rings. The van der Waals surface area contributed by atoms with Gasteiger partial charge in [0.2, 0.25) is 0 Å². The summed E-state index contributed by atoms with van der Waals surface area (Å²) in [5.74, 6) is 0. The monoisotopic (exact) mass is 234 g/mol. The van der Waals surface area contributed by atoms with Crippen LogP contribution in [0.1, 0.15) is 19.5 Å². The Bertz CT molecular complexity index is 356. The lowest BCUT2D eigenvalue weighted by molar-refractivity contribution is 0.103. The number of pyridine rings is 1. The van der Waals surface area contributed by atoms with E-state index in [0.29, 0.717) is 6.04 Å². The zero-order valence-corrected chi connectivity index (χ0v) is 10.8. The molecule has 0 aliphatic carbocycles. The van der Waals surface area contributed by atoms with Gasteiger partial charge in [-0.05, 0) is 26.0 Å². The van der Waals surface area contributed by atoms with E-state index in [9.17, 15) is 0 Å². The molecule has 4 nitrogen and oxygen atoms in total. The van der Waals surface area contributed by atoms with Gasteiger partial charge in [-0.3, -0.25) is 14.8 Å². The van der Waals surface area contributed by atoms with E-state index in [1.165, 1.54) is 0 Å². The molecule has 0 radical (unpaired) electrons. The smallest absolute Gasteiger partial charge is 0.0772 e. The zero-order valence-electron chi connectivity index (χ0n) is 10.8. The zero-order chi connectivity index (χ0) is 12.3. The molecule has 1 aliphatic heterocycles. The molecule has 0 aromatic carbocycles. The van der Waals surface area contributed by atoms with E-state index >= 15 is 0 Å². The molecule has 0 unspecified atom stereocenters. The van der Waals surface area contributed by atoms with Crippen molar-refractivity contribution in [2.24, 2.45) is 0 Å². The van der Waals surface area contributed by atoms with E-state index in [1.54, 1.807) is 0 Å². The summed E-state index contributed by atoms with van der Waals surface area (Å²) in [7, 11) is 0. The van der Waals surface area contributed by atoms with Crippen molar-refractivity contribution in [2.45, 2.75) is 26.4 Å². The highest BCUT2D eigenvalue weighted by Crippen LogP contribution is 2.13. The molecule has 0 amide bonds. The first kappa shape index (κ1) is 12.3. The summed E-state index contributed by atoms with van der Waals surface area (Å²) in [4.78, 5) is 9.29. The highest BCUT2D eigenvalue weighted by atomic mass is 15.3. The Labute approximate surface area is 103 Å². The van der Waals surface area contributed by atoms with Crippen molar-refractivity contribution in [2.75, 3.05) is 31.9 Å². The summed E-state index contributed by atoms with van der Waals surface area (Å²) in [6.45, 7) is 9.88. The molecule has 0 atom stereocenters. The van der Waals surface area contributed by atoms with Gasteiger partial charge < -0.3 is 5.73 Å². The second-order valence-corrected chi connectivity index (χ2v) is 4.95. The standard InChI is InChI=1S/C13H22N4/c1-11(2)17-8-6-16(7-9-17)10-13-12(14)4-3-5-15-13/h3-5,11H,6-10,14H2,1-2H3. The summed E-state index contributed by atoms with van der Waals surface area (Å²) in [6, 6.07) is 4.46. The molecule has 0 saturated carbocycles. The molecule has 0 bridgehead atoms. The maximum Gasteiger partial charge on any atom is 0.0772 e. The van der Waals surface area contributed by atoms with E-state index in [0.717, 1.165) is 44.1 Å². The summed E-state index contributed by atoms with van der Waals surface area (Å²) in [5, 5.41) is 0. The molecule has 1 saturated heterocycles. The van der Waals surface area contributed by atoms with E-state index in [1.807, 2.05) is 18.3 Å². The van der Waals surface area contributed by atoms with Gasteiger partial charge >= 0.3 is 0 Å². The van der Waals surface area contributed by atoms with Gasteiger partial charge in [-0.15, -0.1) is 0 Å². The second-order valence-electron chi connectivity index (χ2n) is 4.95. The molecule has 1 aromatic heterocycles. The Morgan fingerprint density at radius 3 is 2.59 bits per heavy atom. The van der Waals surface area contributed by atoms with Crippen LogP contribution in [-0.2, 0) is 6.54 Å². The minimum atomic E-state index is 0.650.